The largest absolute Gasteiger partial charge is 0.493 e. The Labute approximate surface area is 170 Å². The molecule has 0 spiro atoms. The van der Waals surface area contributed by atoms with Gasteiger partial charge in [-0.25, -0.2) is 8.42 Å². The molecule has 0 radical (unpaired) electrons. The van der Waals surface area contributed by atoms with Crippen molar-refractivity contribution >= 4 is 21.4 Å². The number of rotatable bonds is 7. The Morgan fingerprint density at radius 2 is 1.90 bits per heavy atom. The summed E-state index contributed by atoms with van der Waals surface area (Å²) in [6, 6.07) is 6.45. The van der Waals surface area contributed by atoms with E-state index in [2.05, 4.69) is 0 Å². The van der Waals surface area contributed by atoms with Crippen LogP contribution in [-0.4, -0.2) is 49.8 Å². The Morgan fingerprint density at radius 1 is 1.17 bits per heavy atom. The van der Waals surface area contributed by atoms with Crippen molar-refractivity contribution in [2.24, 2.45) is 0 Å². The van der Waals surface area contributed by atoms with Gasteiger partial charge >= 0.3 is 0 Å². The van der Waals surface area contributed by atoms with E-state index in [-0.39, 0.29) is 35.7 Å². The van der Waals surface area contributed by atoms with Gasteiger partial charge in [-0.3, -0.25) is 9.59 Å². The molecule has 2 aromatic rings. The summed E-state index contributed by atoms with van der Waals surface area (Å²) in [7, 11) is -1.55. The molecule has 3 rings (SSSR count). The molecule has 0 amide bonds. The molecule has 0 bridgehead atoms. The number of Topliss-reactive ketones (excluding diaryl/α,β-unsaturated/α-hetero) is 2. The number of aryl methyl sites for hydroxylation is 1. The maximum Gasteiger partial charge on any atom is 0.202 e. The summed E-state index contributed by atoms with van der Waals surface area (Å²) in [4.78, 5) is 24.3. The van der Waals surface area contributed by atoms with Crippen LogP contribution in [-0.2, 0) is 9.84 Å². The highest BCUT2D eigenvalue weighted by molar-refractivity contribution is 7.91. The predicted molar refractivity (Wildman–Crippen MR) is 109 cm³/mol. The number of hydrogen-bond acceptors (Lipinski definition) is 6. The molecule has 1 saturated heterocycles. The maximum absolute atomic E-state index is 12.8. The molecule has 1 aromatic heterocycles. The lowest BCUT2D eigenvalue weighted by Crippen LogP contribution is -2.16. The standard InChI is InChI=1S/C21H25NO6S/c1-13-9-18(14(2)22(13)17-7-8-29(25,26)12-17)19(24)11-28-20-6-5-16(15(3)23)10-21(20)27-4/h5-6,9-10,17H,7-8,11-12H2,1-4H3/t17-/m0/s1. The van der Waals surface area contributed by atoms with Crippen LogP contribution in [0.25, 0.3) is 0 Å². The van der Waals surface area contributed by atoms with Gasteiger partial charge in [-0.1, -0.05) is 0 Å². The minimum atomic E-state index is -3.02. The van der Waals surface area contributed by atoms with Crippen LogP contribution in [0.2, 0.25) is 0 Å². The molecule has 0 N–H and O–H groups in total. The average Bonchev–Trinajstić information content (AvgIpc) is 3.17. The van der Waals surface area contributed by atoms with Crippen LogP contribution in [0, 0.1) is 13.8 Å². The van der Waals surface area contributed by atoms with Crippen molar-refractivity contribution in [2.45, 2.75) is 33.2 Å². The SMILES string of the molecule is COc1cc(C(C)=O)ccc1OCC(=O)c1cc(C)n([C@H]2CCS(=O)(=O)C2)c1C. The second kappa shape index (κ2) is 8.02. The maximum atomic E-state index is 12.8. The molecule has 1 aliphatic rings. The van der Waals surface area contributed by atoms with Crippen molar-refractivity contribution in [2.75, 3.05) is 25.2 Å². The molecule has 8 heteroatoms. The lowest BCUT2D eigenvalue weighted by molar-refractivity contribution is 0.0917. The summed E-state index contributed by atoms with van der Waals surface area (Å²) in [5.41, 5.74) is 2.62. The number of carbonyl (C=O) groups excluding carboxylic acids is 2. The summed E-state index contributed by atoms with van der Waals surface area (Å²) in [6.45, 7) is 4.97. The number of hydrogen-bond donors (Lipinski definition) is 0. The van der Waals surface area contributed by atoms with Crippen molar-refractivity contribution in [3.63, 3.8) is 0 Å². The molecule has 0 saturated carbocycles. The predicted octanol–water partition coefficient (Wildman–Crippen LogP) is 2.94. The molecule has 29 heavy (non-hydrogen) atoms. The molecule has 1 atom stereocenters. The normalized spacial score (nSPS) is 17.9. The number of methoxy groups -OCH3 is 1. The van der Waals surface area contributed by atoms with Gasteiger partial charge in [0, 0.05) is 28.6 Å². The zero-order valence-corrected chi connectivity index (χ0v) is 17.8. The van der Waals surface area contributed by atoms with E-state index in [1.807, 2.05) is 18.4 Å². The van der Waals surface area contributed by atoms with Crippen LogP contribution in [0.15, 0.2) is 24.3 Å². The van der Waals surface area contributed by atoms with Gasteiger partial charge in [-0.15, -0.1) is 0 Å². The van der Waals surface area contributed by atoms with E-state index in [0.29, 0.717) is 29.0 Å². The minimum absolute atomic E-state index is 0.0905. The van der Waals surface area contributed by atoms with Crippen LogP contribution in [0.3, 0.4) is 0 Å². The monoisotopic (exact) mass is 419 g/mol. The summed E-state index contributed by atoms with van der Waals surface area (Å²) in [6.07, 6.45) is 0.558. The highest BCUT2D eigenvalue weighted by Crippen LogP contribution is 2.31. The Morgan fingerprint density at radius 3 is 2.48 bits per heavy atom. The third-order valence-corrected chi connectivity index (χ3v) is 7.04. The van der Waals surface area contributed by atoms with Crippen LogP contribution < -0.4 is 9.47 Å². The molecule has 0 aliphatic carbocycles. The van der Waals surface area contributed by atoms with E-state index in [4.69, 9.17) is 9.47 Å². The number of benzene rings is 1. The second-order valence-electron chi connectivity index (χ2n) is 7.35. The van der Waals surface area contributed by atoms with Gasteiger partial charge in [-0.05, 0) is 51.5 Å². The molecular formula is C21H25NO6S. The molecule has 2 heterocycles. The van der Waals surface area contributed by atoms with E-state index < -0.39 is 9.84 Å². The molecule has 0 unspecified atom stereocenters. The first-order valence-electron chi connectivity index (χ1n) is 9.36. The topological polar surface area (TPSA) is 91.7 Å². The van der Waals surface area contributed by atoms with Gasteiger partial charge in [0.1, 0.15) is 0 Å². The van der Waals surface area contributed by atoms with Crippen molar-refractivity contribution < 1.29 is 27.5 Å². The van der Waals surface area contributed by atoms with Crippen LogP contribution in [0.5, 0.6) is 11.5 Å². The third kappa shape index (κ3) is 4.37. The number of aromatic nitrogens is 1. The molecule has 1 aromatic carbocycles. The fourth-order valence-electron chi connectivity index (χ4n) is 3.83. The van der Waals surface area contributed by atoms with E-state index in [0.717, 1.165) is 11.4 Å². The van der Waals surface area contributed by atoms with Crippen LogP contribution in [0.4, 0.5) is 0 Å². The number of nitrogens with zero attached hydrogens (tertiary/aromatic N) is 1. The van der Waals surface area contributed by atoms with Crippen molar-refractivity contribution in [1.29, 1.82) is 0 Å². The van der Waals surface area contributed by atoms with Crippen molar-refractivity contribution in [3.8, 4) is 11.5 Å². The van der Waals surface area contributed by atoms with E-state index in [1.54, 1.807) is 24.3 Å². The van der Waals surface area contributed by atoms with E-state index in [9.17, 15) is 18.0 Å². The highest BCUT2D eigenvalue weighted by atomic mass is 32.2. The summed E-state index contributed by atoms with van der Waals surface area (Å²) in [5.74, 6) is 0.744. The molecule has 1 aliphatic heterocycles. The number of carbonyl (C=O) groups is 2. The molecule has 7 nitrogen and oxygen atoms in total. The summed E-state index contributed by atoms with van der Waals surface area (Å²) < 4.78 is 36.5. The van der Waals surface area contributed by atoms with Gasteiger partial charge in [0.05, 0.1) is 18.6 Å². The molecule has 156 valence electrons. The minimum Gasteiger partial charge on any atom is -0.493 e. The second-order valence-corrected chi connectivity index (χ2v) is 9.57. The van der Waals surface area contributed by atoms with Gasteiger partial charge in [0.15, 0.2) is 33.7 Å². The van der Waals surface area contributed by atoms with Gasteiger partial charge < -0.3 is 14.0 Å². The van der Waals surface area contributed by atoms with Gasteiger partial charge in [0.2, 0.25) is 5.78 Å². The smallest absolute Gasteiger partial charge is 0.202 e. The lowest BCUT2D eigenvalue weighted by Gasteiger charge is -2.16. The number of sulfone groups is 1. The number of ether oxygens (including phenoxy) is 2. The first kappa shape index (κ1) is 21.1. The Bertz CT molecular complexity index is 1070. The lowest BCUT2D eigenvalue weighted by atomic mass is 10.1. The first-order valence-corrected chi connectivity index (χ1v) is 11.2. The molecule has 1 fully saturated rings. The van der Waals surface area contributed by atoms with Crippen molar-refractivity contribution in [1.82, 2.24) is 4.57 Å². The zero-order valence-electron chi connectivity index (χ0n) is 17.0. The fraction of sp³-hybridized carbons (Fsp3) is 0.429. The Balaban J connectivity index is 1.77. The first-order chi connectivity index (χ1) is 13.6. The Hall–Kier alpha value is -2.61. The van der Waals surface area contributed by atoms with E-state index >= 15 is 0 Å². The summed E-state index contributed by atoms with van der Waals surface area (Å²) in [5, 5.41) is 0. The Kier molecular flexibility index (Phi) is 5.84. The average molecular weight is 419 g/mol. The summed E-state index contributed by atoms with van der Waals surface area (Å²) >= 11 is 0. The third-order valence-electron chi connectivity index (χ3n) is 5.29. The van der Waals surface area contributed by atoms with Crippen molar-refractivity contribution in [3.05, 3.63) is 46.8 Å². The van der Waals surface area contributed by atoms with Gasteiger partial charge in [-0.2, -0.15) is 0 Å². The number of ketones is 2. The van der Waals surface area contributed by atoms with Crippen LogP contribution in [0.1, 0.15) is 51.5 Å². The van der Waals surface area contributed by atoms with Gasteiger partial charge in [0.25, 0.3) is 0 Å². The zero-order chi connectivity index (χ0) is 21.3. The quantitative estimate of drug-likeness (QED) is 0.641. The van der Waals surface area contributed by atoms with Crippen LogP contribution >= 0.6 is 0 Å². The fourth-order valence-corrected chi connectivity index (χ4v) is 5.53. The van der Waals surface area contributed by atoms with E-state index in [1.165, 1.54) is 14.0 Å². The molecular weight excluding hydrogens is 394 g/mol. The highest BCUT2D eigenvalue weighted by Gasteiger charge is 2.31.